The smallest absolute Gasteiger partial charge is 0.269 e. The van der Waals surface area contributed by atoms with Crippen molar-refractivity contribution in [3.05, 3.63) is 94.4 Å². The van der Waals surface area contributed by atoms with Gasteiger partial charge < -0.3 is 20.9 Å². The monoisotopic (exact) mass is 803 g/mol. The number of primary amides is 1. The number of likely N-dealkylation sites (tertiary alicyclic amines) is 2. The Hall–Kier alpha value is -5.57. The zero-order valence-electron chi connectivity index (χ0n) is 33.1. The molecule has 0 aliphatic carbocycles. The number of halogens is 1. The number of carbonyl (C=O) groups excluding carboxylic acids is 3. The summed E-state index contributed by atoms with van der Waals surface area (Å²) in [5.41, 5.74) is 15.3. The van der Waals surface area contributed by atoms with Gasteiger partial charge in [-0.15, -0.1) is 5.10 Å². The maximum Gasteiger partial charge on any atom is 0.269 e. The van der Waals surface area contributed by atoms with E-state index in [1.165, 1.54) is 53.1 Å². The van der Waals surface area contributed by atoms with Crippen LogP contribution in [0.3, 0.4) is 0 Å². The number of hydrogen-bond donors (Lipinski definition) is 3. The molecular weight excluding hydrogens is 754 g/mol. The molecular formula is C43H50ClN11O3. The first-order chi connectivity index (χ1) is 28.1. The second-order valence-electron chi connectivity index (χ2n) is 15.9. The molecule has 0 radical (unpaired) electrons. The van der Waals surface area contributed by atoms with E-state index in [9.17, 15) is 14.4 Å². The van der Waals surface area contributed by atoms with Gasteiger partial charge >= 0.3 is 0 Å². The number of nitrogens with one attached hydrogen (secondary N) is 2. The van der Waals surface area contributed by atoms with Crippen molar-refractivity contribution in [2.75, 3.05) is 68.5 Å². The van der Waals surface area contributed by atoms with Crippen LogP contribution < -0.4 is 26.2 Å². The van der Waals surface area contributed by atoms with Gasteiger partial charge in [0.25, 0.3) is 5.91 Å². The van der Waals surface area contributed by atoms with Gasteiger partial charge in [0.05, 0.1) is 28.3 Å². The number of benzene rings is 2. The molecule has 4 N–H and O–H groups in total. The van der Waals surface area contributed by atoms with Crippen LogP contribution in [0.15, 0.2) is 67.0 Å². The quantitative estimate of drug-likeness (QED) is 0.134. The predicted octanol–water partition coefficient (Wildman–Crippen LogP) is 5.26. The van der Waals surface area contributed by atoms with Crippen LogP contribution in [-0.4, -0.2) is 101 Å². The zero-order chi connectivity index (χ0) is 40.4. The fourth-order valence-electron chi connectivity index (χ4n) is 8.89. The summed E-state index contributed by atoms with van der Waals surface area (Å²) in [4.78, 5) is 53.0. The van der Waals surface area contributed by atoms with Gasteiger partial charge in [-0.05, 0) is 105 Å². The number of carbonyl (C=O) groups is 3. The Labute approximate surface area is 343 Å². The van der Waals surface area contributed by atoms with Crippen LogP contribution in [0.4, 0.5) is 22.9 Å². The molecule has 5 aromatic rings. The van der Waals surface area contributed by atoms with Crippen LogP contribution in [0.2, 0.25) is 5.02 Å². The van der Waals surface area contributed by atoms with Crippen molar-refractivity contribution in [3.63, 3.8) is 0 Å². The van der Waals surface area contributed by atoms with Crippen molar-refractivity contribution < 1.29 is 14.4 Å². The third kappa shape index (κ3) is 8.09. The fraction of sp³-hybridized carbons (Fsp3) is 0.395. The lowest BCUT2D eigenvalue weighted by molar-refractivity contribution is -0.125. The molecule has 2 saturated heterocycles. The second kappa shape index (κ2) is 16.7. The maximum absolute atomic E-state index is 12.1. The van der Waals surface area contributed by atoms with Crippen molar-refractivity contribution >= 4 is 58.4 Å². The highest BCUT2D eigenvalue weighted by atomic mass is 35.5. The summed E-state index contributed by atoms with van der Waals surface area (Å²) in [6, 6.07) is 18.8. The molecule has 3 aromatic heterocycles. The number of hydrogen-bond acceptors (Lipinski definition) is 11. The number of rotatable bonds is 13. The molecule has 6 heterocycles. The van der Waals surface area contributed by atoms with Crippen molar-refractivity contribution in [3.8, 4) is 11.3 Å². The van der Waals surface area contributed by atoms with Gasteiger partial charge in [0.15, 0.2) is 11.5 Å². The number of pyridine rings is 1. The normalized spacial score (nSPS) is 16.7. The van der Waals surface area contributed by atoms with Crippen molar-refractivity contribution in [2.24, 2.45) is 11.1 Å². The number of imide groups is 1. The van der Waals surface area contributed by atoms with Crippen LogP contribution >= 0.6 is 11.6 Å². The molecule has 14 nitrogen and oxygen atoms in total. The molecule has 0 saturated carbocycles. The molecule has 58 heavy (non-hydrogen) atoms. The summed E-state index contributed by atoms with van der Waals surface area (Å²) in [5.74, 6) is -0.172. The third-order valence-electron chi connectivity index (χ3n) is 12.3. The molecule has 2 fully saturated rings. The van der Waals surface area contributed by atoms with E-state index in [-0.39, 0.29) is 18.0 Å². The van der Waals surface area contributed by atoms with E-state index >= 15 is 0 Å². The zero-order valence-corrected chi connectivity index (χ0v) is 33.8. The van der Waals surface area contributed by atoms with Crippen LogP contribution in [0.5, 0.6) is 0 Å². The van der Waals surface area contributed by atoms with E-state index in [2.05, 4.69) is 72.8 Å². The van der Waals surface area contributed by atoms with Crippen molar-refractivity contribution in [1.82, 2.24) is 34.7 Å². The van der Waals surface area contributed by atoms with E-state index in [0.29, 0.717) is 34.9 Å². The Kier molecular flexibility index (Phi) is 11.3. The fourth-order valence-corrected chi connectivity index (χ4v) is 9.15. The molecule has 0 atom stereocenters. The standard InChI is InChI=1S/C43H50ClN11O3/c1-46-35-23-39(50-55-38(41(45)58)25-48-42(35)55)54-17-10-32-31(4-3-5-36(32)54)34-9-7-30(24-47-34)27-53-20-14-43(15-21-53)12-18-52(19-13-43)26-29-6-8-33(44)37(22-29)51(2)16-11-40(57)49-28-56/h3-9,22-25,28,46H,10-21,26-27H2,1-2H3,(H2,45,58)(H,49,56,57). The highest BCUT2D eigenvalue weighted by molar-refractivity contribution is 6.33. The molecule has 0 bridgehead atoms. The minimum absolute atomic E-state index is 0.216. The number of aromatic nitrogens is 4. The van der Waals surface area contributed by atoms with E-state index in [4.69, 9.17) is 27.4 Å². The molecule has 3 aliphatic heterocycles. The van der Waals surface area contributed by atoms with Gasteiger partial charge in [-0.1, -0.05) is 35.9 Å². The average Bonchev–Trinajstić information content (AvgIpc) is 3.88. The van der Waals surface area contributed by atoms with Gasteiger partial charge in [0.2, 0.25) is 12.3 Å². The molecule has 3 aliphatic rings. The summed E-state index contributed by atoms with van der Waals surface area (Å²) in [6.07, 6.45) is 9.83. The number of anilines is 4. The van der Waals surface area contributed by atoms with E-state index < -0.39 is 5.91 Å². The first-order valence-corrected chi connectivity index (χ1v) is 20.4. The summed E-state index contributed by atoms with van der Waals surface area (Å²) < 4.78 is 1.52. The average molecular weight is 804 g/mol. The third-order valence-corrected chi connectivity index (χ3v) is 12.7. The van der Waals surface area contributed by atoms with Gasteiger partial charge in [-0.2, -0.15) is 0 Å². The molecule has 3 amide bonds. The van der Waals surface area contributed by atoms with Crippen LogP contribution in [-0.2, 0) is 29.1 Å². The van der Waals surface area contributed by atoms with Gasteiger partial charge in [-0.3, -0.25) is 34.5 Å². The lowest BCUT2D eigenvalue weighted by atomic mass is 9.71. The molecule has 15 heteroatoms. The van der Waals surface area contributed by atoms with Crippen LogP contribution in [0.25, 0.3) is 16.9 Å². The number of nitrogens with two attached hydrogens (primary N) is 1. The van der Waals surface area contributed by atoms with Gasteiger partial charge in [0.1, 0.15) is 5.69 Å². The number of imidazole rings is 1. The molecule has 302 valence electrons. The second-order valence-corrected chi connectivity index (χ2v) is 16.3. The minimum Gasteiger partial charge on any atom is -0.385 e. The lowest BCUT2D eigenvalue weighted by Crippen LogP contribution is -2.46. The van der Waals surface area contributed by atoms with Crippen molar-refractivity contribution in [1.29, 1.82) is 0 Å². The Morgan fingerprint density at radius 3 is 2.33 bits per heavy atom. The highest BCUT2D eigenvalue weighted by Crippen LogP contribution is 2.43. The van der Waals surface area contributed by atoms with E-state index in [1.807, 2.05) is 37.3 Å². The maximum atomic E-state index is 12.1. The Morgan fingerprint density at radius 1 is 0.931 bits per heavy atom. The Bertz CT molecular complexity index is 2310. The summed E-state index contributed by atoms with van der Waals surface area (Å²) in [5, 5.41) is 10.8. The predicted molar refractivity (Wildman–Crippen MR) is 226 cm³/mol. The number of amides is 3. The Morgan fingerprint density at radius 2 is 1.66 bits per heavy atom. The highest BCUT2D eigenvalue weighted by Gasteiger charge is 2.37. The van der Waals surface area contributed by atoms with Crippen LogP contribution in [0, 0.1) is 5.41 Å². The van der Waals surface area contributed by atoms with Crippen molar-refractivity contribution in [2.45, 2.75) is 51.6 Å². The molecule has 2 aromatic carbocycles. The number of fused-ring (bicyclic) bond motifs is 2. The molecule has 1 spiro atoms. The SMILES string of the molecule is CNc1cc(N2CCc3c(-c4ccc(CN5CCC6(CC5)CCN(Cc5ccc(Cl)c(N(C)CCC(=O)NC=O)c5)CC6)cn4)cccc32)nn2c(C(N)=O)cnc12. The summed E-state index contributed by atoms with van der Waals surface area (Å²) in [7, 11) is 3.74. The summed E-state index contributed by atoms with van der Waals surface area (Å²) in [6.45, 7) is 7.33. The first-order valence-electron chi connectivity index (χ1n) is 20.0. The minimum atomic E-state index is -0.578. The lowest BCUT2D eigenvalue weighted by Gasteiger charge is -2.47. The van der Waals surface area contributed by atoms with Gasteiger partial charge in [0, 0.05) is 70.2 Å². The number of piperidine rings is 2. The number of nitrogens with zero attached hydrogens (tertiary/aromatic N) is 8. The first kappa shape index (κ1) is 39.3. The van der Waals surface area contributed by atoms with E-state index in [0.717, 1.165) is 80.6 Å². The summed E-state index contributed by atoms with van der Waals surface area (Å²) >= 11 is 6.53. The van der Waals surface area contributed by atoms with Gasteiger partial charge in [-0.25, -0.2) is 9.50 Å². The van der Waals surface area contributed by atoms with Crippen LogP contribution in [0.1, 0.15) is 59.3 Å². The topological polar surface area (TPSA) is 157 Å². The van der Waals surface area contributed by atoms with E-state index in [1.54, 1.807) is 0 Å². The molecule has 8 rings (SSSR count). The largest absolute Gasteiger partial charge is 0.385 e. The Balaban J connectivity index is 0.849. The molecule has 0 unspecified atom stereocenters.